The van der Waals surface area contributed by atoms with E-state index in [0.717, 1.165) is 36.3 Å². The largest absolute Gasteiger partial charge is 0.380 e. The first-order valence-electron chi connectivity index (χ1n) is 7.02. The molecule has 1 aromatic heterocycles. The van der Waals surface area contributed by atoms with Crippen LogP contribution in [0.1, 0.15) is 39.1 Å². The van der Waals surface area contributed by atoms with Gasteiger partial charge in [-0.2, -0.15) is 5.10 Å². The van der Waals surface area contributed by atoms with Gasteiger partial charge in [-0.05, 0) is 35.2 Å². The Hall–Kier alpha value is -0.390. The second-order valence-corrected chi connectivity index (χ2v) is 5.87. The summed E-state index contributed by atoms with van der Waals surface area (Å²) in [6.07, 6.45) is 0.945. The molecule has 0 aromatic carbocycles. The molecule has 1 aromatic rings. The van der Waals surface area contributed by atoms with Gasteiger partial charge in [0.15, 0.2) is 0 Å². The molecule has 0 amide bonds. The Balaban J connectivity index is 2.66. The highest BCUT2D eigenvalue weighted by Crippen LogP contribution is 2.21. The summed E-state index contributed by atoms with van der Waals surface area (Å²) in [6.45, 7) is 10.9. The summed E-state index contributed by atoms with van der Waals surface area (Å²) in [5.41, 5.74) is 2.31. The van der Waals surface area contributed by atoms with Crippen molar-refractivity contribution >= 4 is 15.9 Å². The fraction of sp³-hybridized carbons (Fsp3) is 0.786. The predicted octanol–water partition coefficient (Wildman–Crippen LogP) is 2.90. The zero-order valence-electron chi connectivity index (χ0n) is 12.7. The third-order valence-electron chi connectivity index (χ3n) is 3.34. The molecule has 1 unspecified atom stereocenters. The van der Waals surface area contributed by atoms with Crippen LogP contribution in [-0.2, 0) is 24.8 Å². The van der Waals surface area contributed by atoms with E-state index >= 15 is 0 Å². The van der Waals surface area contributed by atoms with E-state index in [9.17, 15) is 0 Å². The van der Waals surface area contributed by atoms with Crippen molar-refractivity contribution in [3.8, 4) is 0 Å². The second-order valence-electron chi connectivity index (χ2n) is 5.08. The molecular formula is C14H26BrN3O. The van der Waals surface area contributed by atoms with E-state index in [0.29, 0.717) is 12.0 Å². The van der Waals surface area contributed by atoms with E-state index in [1.807, 2.05) is 18.7 Å². The van der Waals surface area contributed by atoms with Gasteiger partial charge in [0, 0.05) is 26.2 Å². The number of aromatic nitrogens is 2. The number of nitrogens with one attached hydrogen (secondary N) is 1. The van der Waals surface area contributed by atoms with Crippen LogP contribution >= 0.6 is 15.9 Å². The van der Waals surface area contributed by atoms with Crippen molar-refractivity contribution in [3.05, 3.63) is 15.9 Å². The Bertz CT molecular complexity index is 390. The van der Waals surface area contributed by atoms with Crippen molar-refractivity contribution in [1.82, 2.24) is 15.1 Å². The number of nitrogens with zero attached hydrogens (tertiary/aromatic N) is 2. The van der Waals surface area contributed by atoms with Gasteiger partial charge in [0.1, 0.15) is 0 Å². The quantitative estimate of drug-likeness (QED) is 0.796. The molecule has 0 spiro atoms. The van der Waals surface area contributed by atoms with Crippen LogP contribution in [0.5, 0.6) is 0 Å². The van der Waals surface area contributed by atoms with Gasteiger partial charge in [-0.3, -0.25) is 4.68 Å². The lowest BCUT2D eigenvalue weighted by molar-refractivity contribution is 0.107. The third-order valence-corrected chi connectivity index (χ3v) is 4.26. The van der Waals surface area contributed by atoms with Gasteiger partial charge >= 0.3 is 0 Å². The van der Waals surface area contributed by atoms with Crippen LogP contribution in [0, 0.1) is 5.92 Å². The van der Waals surface area contributed by atoms with Crippen LogP contribution in [0.3, 0.4) is 0 Å². The first-order chi connectivity index (χ1) is 9.01. The Morgan fingerprint density at radius 1 is 1.37 bits per heavy atom. The zero-order valence-corrected chi connectivity index (χ0v) is 14.2. The number of hydrogen-bond donors (Lipinski definition) is 1. The van der Waals surface area contributed by atoms with Crippen molar-refractivity contribution in [1.29, 1.82) is 0 Å². The minimum Gasteiger partial charge on any atom is -0.380 e. The van der Waals surface area contributed by atoms with Gasteiger partial charge in [0.25, 0.3) is 0 Å². The summed E-state index contributed by atoms with van der Waals surface area (Å²) in [6, 6.07) is 0.367. The van der Waals surface area contributed by atoms with Crippen LogP contribution in [0.25, 0.3) is 0 Å². The molecule has 0 saturated heterocycles. The average molecular weight is 332 g/mol. The Kier molecular flexibility index (Phi) is 7.04. The van der Waals surface area contributed by atoms with E-state index < -0.39 is 0 Å². The maximum Gasteiger partial charge on any atom is 0.0767 e. The van der Waals surface area contributed by atoms with Crippen LogP contribution in [0.2, 0.25) is 0 Å². The van der Waals surface area contributed by atoms with E-state index in [1.54, 1.807) is 0 Å². The normalized spacial score (nSPS) is 13.2. The molecule has 0 aliphatic rings. The van der Waals surface area contributed by atoms with E-state index in [-0.39, 0.29) is 0 Å². The van der Waals surface area contributed by atoms with Gasteiger partial charge in [-0.1, -0.05) is 20.8 Å². The van der Waals surface area contributed by atoms with Gasteiger partial charge in [-0.25, -0.2) is 0 Å². The number of hydrogen-bond acceptors (Lipinski definition) is 3. The van der Waals surface area contributed by atoms with Crippen LogP contribution in [0.4, 0.5) is 0 Å². The average Bonchev–Trinajstić information content (AvgIpc) is 2.64. The molecule has 0 fully saturated rings. The minimum atomic E-state index is 0.367. The fourth-order valence-electron chi connectivity index (χ4n) is 1.97. The number of ether oxygens (including phenoxy) is 1. The molecule has 110 valence electrons. The summed E-state index contributed by atoms with van der Waals surface area (Å²) in [5, 5.41) is 8.09. The Morgan fingerprint density at radius 3 is 2.53 bits per heavy atom. The summed E-state index contributed by atoms with van der Waals surface area (Å²) in [4.78, 5) is 0. The molecule has 0 bridgehead atoms. The molecule has 1 atom stereocenters. The first kappa shape index (κ1) is 16.7. The molecule has 4 nitrogen and oxygen atoms in total. The van der Waals surface area contributed by atoms with E-state index in [1.165, 1.54) is 5.69 Å². The summed E-state index contributed by atoms with van der Waals surface area (Å²) in [7, 11) is 1.99. The summed E-state index contributed by atoms with van der Waals surface area (Å²) in [5.74, 6) is 0.546. The molecule has 0 radical (unpaired) electrons. The number of halogens is 1. The number of aryl methyl sites for hydroxylation is 2. The number of rotatable bonds is 8. The Labute approximate surface area is 125 Å². The summed E-state index contributed by atoms with van der Waals surface area (Å²) >= 11 is 3.65. The zero-order chi connectivity index (χ0) is 14.4. The predicted molar refractivity (Wildman–Crippen MR) is 82.2 cm³/mol. The highest BCUT2D eigenvalue weighted by molar-refractivity contribution is 9.10. The molecule has 0 aliphatic carbocycles. The molecule has 1 N–H and O–H groups in total. The highest BCUT2D eigenvalue weighted by Gasteiger charge is 2.16. The molecule has 0 saturated carbocycles. The van der Waals surface area contributed by atoms with Crippen molar-refractivity contribution in [2.75, 3.05) is 13.2 Å². The summed E-state index contributed by atoms with van der Waals surface area (Å²) < 4.78 is 8.62. The smallest absolute Gasteiger partial charge is 0.0767 e. The Morgan fingerprint density at radius 2 is 2.05 bits per heavy atom. The van der Waals surface area contributed by atoms with Crippen molar-refractivity contribution < 1.29 is 4.74 Å². The minimum absolute atomic E-state index is 0.367. The van der Waals surface area contributed by atoms with Crippen LogP contribution in [-0.4, -0.2) is 29.0 Å². The van der Waals surface area contributed by atoms with Crippen LogP contribution < -0.4 is 5.32 Å². The maximum absolute atomic E-state index is 5.54. The van der Waals surface area contributed by atoms with Crippen molar-refractivity contribution in [2.24, 2.45) is 13.0 Å². The first-order valence-corrected chi connectivity index (χ1v) is 7.81. The molecule has 1 rings (SSSR count). The standard InChI is InChI=1S/C14H26BrN3O/c1-6-11-14(15)13(18(5)17-11)8-16-12(10(3)4)9-19-7-2/h10,12,16H,6-9H2,1-5H3. The lowest BCUT2D eigenvalue weighted by Crippen LogP contribution is -2.38. The van der Waals surface area contributed by atoms with Gasteiger partial charge in [-0.15, -0.1) is 0 Å². The van der Waals surface area contributed by atoms with Gasteiger partial charge in [0.05, 0.1) is 22.5 Å². The molecule has 19 heavy (non-hydrogen) atoms. The third kappa shape index (κ3) is 4.58. The monoisotopic (exact) mass is 331 g/mol. The van der Waals surface area contributed by atoms with E-state index in [2.05, 4.69) is 47.1 Å². The molecular weight excluding hydrogens is 306 g/mol. The second kappa shape index (κ2) is 8.02. The SMILES string of the molecule is CCOCC(NCc1c(Br)c(CC)nn1C)C(C)C. The van der Waals surface area contributed by atoms with Crippen molar-refractivity contribution in [2.45, 2.75) is 46.7 Å². The van der Waals surface area contributed by atoms with Crippen LogP contribution in [0.15, 0.2) is 4.47 Å². The lowest BCUT2D eigenvalue weighted by Gasteiger charge is -2.22. The molecule has 0 aliphatic heterocycles. The van der Waals surface area contributed by atoms with Crippen molar-refractivity contribution in [3.63, 3.8) is 0 Å². The molecule has 1 heterocycles. The topological polar surface area (TPSA) is 39.1 Å². The molecule has 5 heteroatoms. The maximum atomic E-state index is 5.54. The van der Waals surface area contributed by atoms with Gasteiger partial charge in [0.2, 0.25) is 0 Å². The van der Waals surface area contributed by atoms with E-state index in [4.69, 9.17) is 4.74 Å². The fourth-order valence-corrected chi connectivity index (χ4v) is 2.73. The lowest BCUT2D eigenvalue weighted by atomic mass is 10.1. The van der Waals surface area contributed by atoms with Gasteiger partial charge < -0.3 is 10.1 Å². The highest BCUT2D eigenvalue weighted by atomic mass is 79.9.